The summed E-state index contributed by atoms with van der Waals surface area (Å²) < 4.78 is 29.3. The minimum Gasteiger partial charge on any atom is -0.748 e. The fourth-order valence-electron chi connectivity index (χ4n) is 0. The first-order chi connectivity index (χ1) is 5.21. The second kappa shape index (κ2) is 8.71. The van der Waals surface area contributed by atoms with Crippen molar-refractivity contribution in [1.82, 2.24) is 0 Å². The Hall–Kier alpha value is 0.120. The van der Waals surface area contributed by atoms with Gasteiger partial charge in [0.1, 0.15) is 0 Å². The summed E-state index contributed by atoms with van der Waals surface area (Å²) in [5.74, 6) is -0.481. The van der Waals surface area contributed by atoms with Crippen molar-refractivity contribution in [3.8, 4) is 0 Å². The Morgan fingerprint density at radius 1 is 1.54 bits per heavy atom. The fourth-order valence-corrected chi connectivity index (χ4v) is 0. The van der Waals surface area contributed by atoms with Gasteiger partial charge < -0.3 is 10.3 Å². The number of primary amides is 1. The topological polar surface area (TPSA) is 100 Å². The van der Waals surface area contributed by atoms with E-state index in [0.29, 0.717) is 0 Å². The van der Waals surface area contributed by atoms with Gasteiger partial charge in [0.15, 0.2) is 0 Å². The Labute approximate surface area is 100 Å². The Bertz CT molecular complexity index is 247. The molecule has 0 aliphatic rings. The van der Waals surface area contributed by atoms with Crippen molar-refractivity contribution in [2.24, 2.45) is 5.73 Å². The van der Waals surface area contributed by atoms with Gasteiger partial charge in [-0.2, -0.15) is 0 Å². The molecule has 0 rings (SSSR count). The van der Waals surface area contributed by atoms with E-state index in [4.69, 9.17) is 0 Å². The molecule has 5 nitrogen and oxygen atoms in total. The molecule has 0 saturated carbocycles. The smallest absolute Gasteiger partial charge is 0.748 e. The molecule has 0 aromatic carbocycles. The van der Waals surface area contributed by atoms with Gasteiger partial charge in [0.25, 0.3) is 0 Å². The molecule has 0 aliphatic heterocycles. The van der Waals surface area contributed by atoms with Crippen molar-refractivity contribution in [2.75, 3.05) is 0 Å². The summed E-state index contributed by atoms with van der Waals surface area (Å²) in [7, 11) is -3.99. The Kier molecular flexibility index (Phi) is 12.6. The van der Waals surface area contributed by atoms with Crippen molar-refractivity contribution >= 4 is 16.0 Å². The molecule has 0 radical (unpaired) electrons. The second-order valence-electron chi connectivity index (χ2n) is 2.15. The molecule has 72 valence electrons. The van der Waals surface area contributed by atoms with Gasteiger partial charge in [-0.25, -0.2) is 8.42 Å². The van der Waals surface area contributed by atoms with E-state index in [0.717, 1.165) is 6.08 Å². The molecule has 1 amide bonds. The summed E-state index contributed by atoms with van der Waals surface area (Å²) in [4.78, 5) is 9.47. The predicted octanol–water partition coefficient (Wildman–Crippen LogP) is -3.40. The summed E-state index contributed by atoms with van der Waals surface area (Å²) in [5, 5.41) is -0.785. The number of rotatable bonds is 2. The normalized spacial score (nSPS) is 9.23. The molecule has 13 heavy (non-hydrogen) atoms. The first-order valence-electron chi connectivity index (χ1n) is 3.08. The average Bonchev–Trinajstić information content (AvgIpc) is 1.87. The molecule has 0 heterocycles. The number of carbonyl (C=O) groups excluding carboxylic acids is 1. The van der Waals surface area contributed by atoms with Crippen LogP contribution >= 0.6 is 0 Å². The third kappa shape index (κ3) is 18.8. The van der Waals surface area contributed by atoms with Crippen molar-refractivity contribution in [1.29, 1.82) is 0 Å². The van der Waals surface area contributed by atoms with Crippen molar-refractivity contribution in [3.63, 3.8) is 0 Å². The standard InChI is InChI=1S/C3H5NO.C3H8O3S.Na/c1-2-3(4)5;1-3(2)7(4,5)6;/h2H,1H2,(H2,4,5);3H,1-2H3,(H,4,5,6);/q;;+1/p-1. The van der Waals surface area contributed by atoms with Crippen LogP contribution in [0, 0.1) is 0 Å². The summed E-state index contributed by atoms with van der Waals surface area (Å²) in [5.41, 5.74) is 4.53. The number of nitrogens with two attached hydrogens (primary N) is 1. The maximum Gasteiger partial charge on any atom is 1.00 e. The van der Waals surface area contributed by atoms with E-state index < -0.39 is 21.3 Å². The largest absolute Gasteiger partial charge is 1.00 e. The van der Waals surface area contributed by atoms with Gasteiger partial charge in [-0.05, 0) is 19.9 Å². The maximum absolute atomic E-state index is 9.78. The van der Waals surface area contributed by atoms with Gasteiger partial charge in [0, 0.05) is 5.25 Å². The van der Waals surface area contributed by atoms with Crippen LogP contribution in [0.2, 0.25) is 0 Å². The van der Waals surface area contributed by atoms with Crippen molar-refractivity contribution < 1.29 is 47.3 Å². The van der Waals surface area contributed by atoms with Gasteiger partial charge in [-0.1, -0.05) is 6.58 Å². The van der Waals surface area contributed by atoms with E-state index in [1.54, 1.807) is 0 Å². The van der Waals surface area contributed by atoms with Crippen LogP contribution < -0.4 is 35.3 Å². The molecule has 0 unspecified atom stereocenters. The van der Waals surface area contributed by atoms with Crippen LogP contribution in [0.15, 0.2) is 12.7 Å². The summed E-state index contributed by atoms with van der Waals surface area (Å²) in [6.07, 6.45) is 1.06. The van der Waals surface area contributed by atoms with Crippen LogP contribution in [0.1, 0.15) is 13.8 Å². The van der Waals surface area contributed by atoms with Gasteiger partial charge in [-0.3, -0.25) is 4.79 Å². The Morgan fingerprint density at radius 2 is 1.69 bits per heavy atom. The SMILES string of the molecule is C=CC(N)=O.CC(C)S(=O)(=O)[O-].[Na+]. The molecule has 7 heteroatoms. The minimum atomic E-state index is -3.99. The van der Waals surface area contributed by atoms with Crippen LogP contribution in [0.5, 0.6) is 0 Å². The van der Waals surface area contributed by atoms with Gasteiger partial charge in [-0.15, -0.1) is 0 Å². The van der Waals surface area contributed by atoms with Crippen LogP contribution in [0.4, 0.5) is 0 Å². The van der Waals surface area contributed by atoms with E-state index in [2.05, 4.69) is 12.3 Å². The quantitative estimate of drug-likeness (QED) is 0.296. The van der Waals surface area contributed by atoms with Crippen molar-refractivity contribution in [3.05, 3.63) is 12.7 Å². The average molecular weight is 217 g/mol. The minimum absolute atomic E-state index is 0. The molecule has 0 aliphatic carbocycles. The van der Waals surface area contributed by atoms with Crippen molar-refractivity contribution in [2.45, 2.75) is 19.1 Å². The zero-order chi connectivity index (χ0) is 10.4. The van der Waals surface area contributed by atoms with Gasteiger partial charge >= 0.3 is 29.6 Å². The molecular formula is C6H12NNaO4S. The number of amides is 1. The molecule has 0 aromatic rings. The van der Waals surface area contributed by atoms with Crippen LogP contribution in [0.25, 0.3) is 0 Å². The first-order valence-corrected chi connectivity index (χ1v) is 4.55. The molecule has 0 bridgehead atoms. The molecular weight excluding hydrogens is 205 g/mol. The monoisotopic (exact) mass is 217 g/mol. The Morgan fingerprint density at radius 3 is 1.69 bits per heavy atom. The zero-order valence-corrected chi connectivity index (χ0v) is 10.8. The number of hydrogen-bond donors (Lipinski definition) is 1. The van der Waals surface area contributed by atoms with E-state index in [1.807, 2.05) is 0 Å². The molecule has 2 N–H and O–H groups in total. The fraction of sp³-hybridized carbons (Fsp3) is 0.500. The summed E-state index contributed by atoms with van der Waals surface area (Å²) in [6.45, 7) is 5.78. The van der Waals surface area contributed by atoms with Crippen LogP contribution in [0.3, 0.4) is 0 Å². The number of hydrogen-bond acceptors (Lipinski definition) is 4. The summed E-state index contributed by atoms with van der Waals surface area (Å²) in [6, 6.07) is 0. The van der Waals surface area contributed by atoms with Gasteiger partial charge in [0.2, 0.25) is 5.91 Å². The summed E-state index contributed by atoms with van der Waals surface area (Å²) >= 11 is 0. The number of carbonyl (C=O) groups is 1. The van der Waals surface area contributed by atoms with Crippen LogP contribution in [-0.4, -0.2) is 24.1 Å². The van der Waals surface area contributed by atoms with E-state index in [9.17, 15) is 17.8 Å². The molecule has 0 fully saturated rings. The van der Waals surface area contributed by atoms with E-state index in [-0.39, 0.29) is 29.6 Å². The molecule has 0 atom stereocenters. The molecule has 0 aromatic heterocycles. The predicted molar refractivity (Wildman–Crippen MR) is 44.2 cm³/mol. The van der Waals surface area contributed by atoms with E-state index >= 15 is 0 Å². The Balaban J connectivity index is -0.000000150. The zero-order valence-electron chi connectivity index (χ0n) is 7.98. The second-order valence-corrected chi connectivity index (χ2v) is 4.08. The van der Waals surface area contributed by atoms with Crippen LogP contribution in [-0.2, 0) is 14.9 Å². The van der Waals surface area contributed by atoms with E-state index in [1.165, 1.54) is 13.8 Å². The third-order valence-corrected chi connectivity index (χ3v) is 1.93. The molecule has 0 saturated heterocycles. The molecule has 0 spiro atoms. The third-order valence-electron chi connectivity index (χ3n) is 0.779. The first kappa shape index (κ1) is 18.8. The maximum atomic E-state index is 9.78. The van der Waals surface area contributed by atoms with Gasteiger partial charge in [0.05, 0.1) is 10.1 Å².